The lowest BCUT2D eigenvalue weighted by Gasteiger charge is -2.37. The van der Waals surface area contributed by atoms with Crippen LogP contribution in [0.5, 0.6) is 0 Å². The van der Waals surface area contributed by atoms with Crippen molar-refractivity contribution in [1.82, 2.24) is 4.90 Å². The summed E-state index contributed by atoms with van der Waals surface area (Å²) in [4.78, 5) is 2.41. The molecular formula is C11H24N2O. The van der Waals surface area contributed by atoms with E-state index in [9.17, 15) is 0 Å². The van der Waals surface area contributed by atoms with E-state index >= 15 is 0 Å². The van der Waals surface area contributed by atoms with Crippen LogP contribution in [0.1, 0.15) is 32.6 Å². The zero-order chi connectivity index (χ0) is 10.6. The molecular weight excluding hydrogens is 176 g/mol. The van der Waals surface area contributed by atoms with Gasteiger partial charge in [0.1, 0.15) is 0 Å². The van der Waals surface area contributed by atoms with Crippen molar-refractivity contribution in [3.63, 3.8) is 0 Å². The zero-order valence-corrected chi connectivity index (χ0v) is 9.70. The van der Waals surface area contributed by atoms with Crippen molar-refractivity contribution in [2.45, 2.75) is 50.8 Å². The summed E-state index contributed by atoms with van der Waals surface area (Å²) in [5, 5.41) is 0. The molecule has 0 aromatic rings. The Labute approximate surface area is 87.6 Å². The normalized spacial score (nSPS) is 30.6. The molecule has 1 aliphatic rings. The van der Waals surface area contributed by atoms with Gasteiger partial charge in [0.25, 0.3) is 0 Å². The fraction of sp³-hybridized carbons (Fsp3) is 1.00. The maximum absolute atomic E-state index is 5.67. The van der Waals surface area contributed by atoms with Gasteiger partial charge in [-0.2, -0.15) is 0 Å². The summed E-state index contributed by atoms with van der Waals surface area (Å²) in [6.07, 6.45) is 5.42. The Hall–Kier alpha value is -0.120. The quantitative estimate of drug-likeness (QED) is 0.741. The predicted molar refractivity (Wildman–Crippen MR) is 59.3 cm³/mol. The first-order chi connectivity index (χ1) is 6.69. The van der Waals surface area contributed by atoms with Crippen molar-refractivity contribution in [2.75, 3.05) is 20.7 Å². The molecule has 0 bridgehead atoms. The number of hydrogen-bond acceptors (Lipinski definition) is 3. The van der Waals surface area contributed by atoms with Crippen molar-refractivity contribution in [3.8, 4) is 0 Å². The van der Waals surface area contributed by atoms with E-state index in [1.165, 1.54) is 19.3 Å². The van der Waals surface area contributed by atoms with E-state index in [2.05, 4.69) is 18.9 Å². The van der Waals surface area contributed by atoms with Crippen LogP contribution in [0.2, 0.25) is 0 Å². The number of rotatable bonds is 4. The highest BCUT2D eigenvalue weighted by Gasteiger charge is 2.26. The van der Waals surface area contributed by atoms with E-state index in [1.54, 1.807) is 0 Å². The number of methoxy groups -OCH3 is 1. The van der Waals surface area contributed by atoms with Gasteiger partial charge in [0.05, 0.1) is 6.10 Å². The summed E-state index contributed by atoms with van der Waals surface area (Å²) in [5.41, 5.74) is 5.67. The number of hydrogen-bond donors (Lipinski definition) is 1. The topological polar surface area (TPSA) is 38.5 Å². The van der Waals surface area contributed by atoms with Gasteiger partial charge in [0.2, 0.25) is 0 Å². The van der Waals surface area contributed by atoms with Crippen LogP contribution >= 0.6 is 0 Å². The molecule has 0 heterocycles. The summed E-state index contributed by atoms with van der Waals surface area (Å²) < 4.78 is 5.43. The van der Waals surface area contributed by atoms with Crippen molar-refractivity contribution >= 4 is 0 Å². The van der Waals surface area contributed by atoms with Gasteiger partial charge in [-0.1, -0.05) is 0 Å². The van der Waals surface area contributed by atoms with Crippen molar-refractivity contribution < 1.29 is 4.74 Å². The van der Waals surface area contributed by atoms with E-state index in [4.69, 9.17) is 10.5 Å². The van der Waals surface area contributed by atoms with Gasteiger partial charge in [0.15, 0.2) is 0 Å². The first-order valence-corrected chi connectivity index (χ1v) is 5.63. The zero-order valence-electron chi connectivity index (χ0n) is 9.70. The molecule has 1 fully saturated rings. The molecule has 2 N–H and O–H groups in total. The lowest BCUT2D eigenvalue weighted by Crippen LogP contribution is -2.45. The van der Waals surface area contributed by atoms with E-state index < -0.39 is 0 Å². The van der Waals surface area contributed by atoms with Crippen LogP contribution in [0.15, 0.2) is 0 Å². The van der Waals surface area contributed by atoms with Crippen molar-refractivity contribution in [3.05, 3.63) is 0 Å². The number of likely N-dealkylation sites (N-methyl/N-ethyl adjacent to an activating group) is 1. The highest BCUT2D eigenvalue weighted by Crippen LogP contribution is 2.24. The van der Waals surface area contributed by atoms with E-state index in [1.807, 2.05) is 7.11 Å². The van der Waals surface area contributed by atoms with Gasteiger partial charge >= 0.3 is 0 Å². The number of nitrogens with two attached hydrogens (primary N) is 1. The predicted octanol–water partition coefficient (Wildman–Crippen LogP) is 1.22. The molecule has 0 aromatic carbocycles. The van der Waals surface area contributed by atoms with Gasteiger partial charge in [-0.3, -0.25) is 4.90 Å². The summed E-state index contributed by atoms with van der Waals surface area (Å²) in [7, 11) is 4.00. The molecule has 14 heavy (non-hydrogen) atoms. The lowest BCUT2D eigenvalue weighted by molar-refractivity contribution is 0.0266. The highest BCUT2D eigenvalue weighted by atomic mass is 16.5. The van der Waals surface area contributed by atoms with Crippen LogP contribution in [-0.2, 0) is 4.74 Å². The average Bonchev–Trinajstić information content (AvgIpc) is 2.27. The minimum Gasteiger partial charge on any atom is -0.381 e. The molecule has 84 valence electrons. The summed E-state index contributed by atoms with van der Waals surface area (Å²) >= 11 is 0. The minimum absolute atomic E-state index is 0.459. The van der Waals surface area contributed by atoms with Gasteiger partial charge in [-0.25, -0.2) is 0 Å². The van der Waals surface area contributed by atoms with E-state index in [0.29, 0.717) is 18.2 Å². The third-order valence-corrected chi connectivity index (χ3v) is 3.54. The monoisotopic (exact) mass is 200 g/mol. The Bertz CT molecular complexity index is 161. The van der Waals surface area contributed by atoms with Crippen LogP contribution in [0.3, 0.4) is 0 Å². The summed E-state index contributed by atoms with van der Waals surface area (Å²) in [6, 6.07) is 1.14. The van der Waals surface area contributed by atoms with Gasteiger partial charge in [0, 0.05) is 25.7 Å². The Kier molecular flexibility index (Phi) is 4.85. The molecule has 0 aliphatic heterocycles. The van der Waals surface area contributed by atoms with E-state index in [0.717, 1.165) is 13.0 Å². The average molecular weight is 200 g/mol. The molecule has 0 radical (unpaired) electrons. The maximum atomic E-state index is 5.67. The Morgan fingerprint density at radius 2 is 2.21 bits per heavy atom. The Morgan fingerprint density at radius 3 is 2.79 bits per heavy atom. The molecule has 3 nitrogen and oxygen atoms in total. The molecule has 3 atom stereocenters. The first-order valence-electron chi connectivity index (χ1n) is 5.63. The van der Waals surface area contributed by atoms with Gasteiger partial charge in [-0.05, 0) is 39.7 Å². The standard InChI is InChI=1S/C11H24N2O/c1-9(8-12)13(2)10-5-4-6-11(7-10)14-3/h9-11H,4-8,12H2,1-3H3. The van der Waals surface area contributed by atoms with Crippen molar-refractivity contribution in [1.29, 1.82) is 0 Å². The fourth-order valence-corrected chi connectivity index (χ4v) is 2.23. The molecule has 0 aromatic heterocycles. The first kappa shape index (κ1) is 12.0. The molecule has 1 saturated carbocycles. The molecule has 1 rings (SSSR count). The summed E-state index contributed by atoms with van der Waals surface area (Å²) in [5.74, 6) is 0. The second-order valence-electron chi connectivity index (χ2n) is 4.43. The van der Waals surface area contributed by atoms with Crippen LogP contribution in [0, 0.1) is 0 Å². The lowest BCUT2D eigenvalue weighted by atomic mass is 9.91. The van der Waals surface area contributed by atoms with Crippen LogP contribution in [0.4, 0.5) is 0 Å². The number of ether oxygens (including phenoxy) is 1. The highest BCUT2D eigenvalue weighted by molar-refractivity contribution is 4.81. The second kappa shape index (κ2) is 5.69. The fourth-order valence-electron chi connectivity index (χ4n) is 2.23. The molecule has 3 heteroatoms. The smallest absolute Gasteiger partial charge is 0.0586 e. The van der Waals surface area contributed by atoms with Gasteiger partial charge in [-0.15, -0.1) is 0 Å². The Morgan fingerprint density at radius 1 is 1.50 bits per heavy atom. The molecule has 1 aliphatic carbocycles. The Balaban J connectivity index is 2.42. The maximum Gasteiger partial charge on any atom is 0.0586 e. The van der Waals surface area contributed by atoms with E-state index in [-0.39, 0.29) is 0 Å². The van der Waals surface area contributed by atoms with Crippen LogP contribution in [0.25, 0.3) is 0 Å². The number of nitrogens with zero attached hydrogens (tertiary/aromatic N) is 1. The van der Waals surface area contributed by atoms with Crippen molar-refractivity contribution in [2.24, 2.45) is 5.73 Å². The molecule has 3 unspecified atom stereocenters. The van der Waals surface area contributed by atoms with Crippen LogP contribution in [-0.4, -0.2) is 43.8 Å². The van der Waals surface area contributed by atoms with Crippen LogP contribution < -0.4 is 5.73 Å². The largest absolute Gasteiger partial charge is 0.381 e. The molecule has 0 spiro atoms. The third-order valence-electron chi connectivity index (χ3n) is 3.54. The molecule has 0 amide bonds. The molecule has 0 saturated heterocycles. The SMILES string of the molecule is COC1CCCC(N(C)C(C)CN)C1. The van der Waals surface area contributed by atoms with Gasteiger partial charge < -0.3 is 10.5 Å². The second-order valence-corrected chi connectivity index (χ2v) is 4.43. The third kappa shape index (κ3) is 2.94. The minimum atomic E-state index is 0.459. The summed E-state index contributed by atoms with van der Waals surface area (Å²) in [6.45, 7) is 2.93.